The summed E-state index contributed by atoms with van der Waals surface area (Å²) in [4.78, 5) is 14.0. The van der Waals surface area contributed by atoms with Gasteiger partial charge in [-0.3, -0.25) is 0 Å². The van der Waals surface area contributed by atoms with Crippen LogP contribution in [0.15, 0.2) is 0 Å². The van der Waals surface area contributed by atoms with Crippen LogP contribution >= 0.6 is 11.6 Å². The molecule has 0 spiro atoms. The van der Waals surface area contributed by atoms with E-state index >= 15 is 0 Å². The number of nitrogens with two attached hydrogens (primary N) is 1. The van der Waals surface area contributed by atoms with E-state index in [-0.39, 0.29) is 23.9 Å². The standard InChI is InChI=1S/C10H16ClN5O/c11-8-13-9(12)15-10(14-8)16-5-2-1-3-7(16)4-6-17/h7,17H,1-6H2,(H2,12,13,14,15). The predicted molar refractivity (Wildman–Crippen MR) is 65.9 cm³/mol. The number of hydrogen-bond donors (Lipinski definition) is 2. The molecule has 0 saturated carbocycles. The van der Waals surface area contributed by atoms with E-state index in [0.717, 1.165) is 25.8 Å². The van der Waals surface area contributed by atoms with Gasteiger partial charge in [0.05, 0.1) is 0 Å². The first-order valence-electron chi connectivity index (χ1n) is 5.75. The average molecular weight is 258 g/mol. The first-order valence-corrected chi connectivity index (χ1v) is 6.13. The molecule has 1 saturated heterocycles. The van der Waals surface area contributed by atoms with E-state index in [4.69, 9.17) is 22.4 Å². The summed E-state index contributed by atoms with van der Waals surface area (Å²) >= 11 is 5.78. The Morgan fingerprint density at radius 1 is 1.35 bits per heavy atom. The monoisotopic (exact) mass is 257 g/mol. The normalized spacial score (nSPS) is 20.6. The van der Waals surface area contributed by atoms with E-state index in [1.165, 1.54) is 0 Å². The second-order valence-electron chi connectivity index (χ2n) is 4.12. The Kier molecular flexibility index (Phi) is 3.96. The molecule has 0 bridgehead atoms. The molecule has 1 fully saturated rings. The van der Waals surface area contributed by atoms with Gasteiger partial charge in [0, 0.05) is 19.2 Å². The lowest BCUT2D eigenvalue weighted by atomic mass is 10.0. The van der Waals surface area contributed by atoms with Gasteiger partial charge in [0.1, 0.15) is 0 Å². The lowest BCUT2D eigenvalue weighted by molar-refractivity contribution is 0.261. The Hall–Kier alpha value is -1.14. The molecular weight excluding hydrogens is 242 g/mol. The van der Waals surface area contributed by atoms with Gasteiger partial charge >= 0.3 is 0 Å². The molecule has 6 nitrogen and oxygen atoms in total. The summed E-state index contributed by atoms with van der Waals surface area (Å²) in [6.45, 7) is 1.03. The summed E-state index contributed by atoms with van der Waals surface area (Å²) in [6.07, 6.45) is 3.99. The maximum Gasteiger partial charge on any atom is 0.231 e. The van der Waals surface area contributed by atoms with Crippen LogP contribution in [0, 0.1) is 0 Å². The molecule has 0 aromatic carbocycles. The van der Waals surface area contributed by atoms with Crippen molar-refractivity contribution in [3.05, 3.63) is 5.28 Å². The van der Waals surface area contributed by atoms with Crippen LogP contribution in [0.5, 0.6) is 0 Å². The third-order valence-corrected chi connectivity index (χ3v) is 3.13. The van der Waals surface area contributed by atoms with Crippen molar-refractivity contribution in [3.8, 4) is 0 Å². The van der Waals surface area contributed by atoms with Crippen LogP contribution in [-0.4, -0.2) is 39.3 Å². The zero-order valence-electron chi connectivity index (χ0n) is 9.51. The highest BCUT2D eigenvalue weighted by molar-refractivity contribution is 6.28. The molecule has 1 aromatic rings. The van der Waals surface area contributed by atoms with Crippen LogP contribution in [-0.2, 0) is 0 Å². The van der Waals surface area contributed by atoms with E-state index in [0.29, 0.717) is 12.4 Å². The number of anilines is 2. The molecule has 94 valence electrons. The molecule has 2 rings (SSSR count). The SMILES string of the molecule is Nc1nc(Cl)nc(N2CCCCC2CCO)n1. The van der Waals surface area contributed by atoms with E-state index in [2.05, 4.69) is 19.9 Å². The van der Waals surface area contributed by atoms with Crippen LogP contribution in [0.25, 0.3) is 0 Å². The van der Waals surface area contributed by atoms with Crippen LogP contribution in [0.3, 0.4) is 0 Å². The second-order valence-corrected chi connectivity index (χ2v) is 4.46. The van der Waals surface area contributed by atoms with Gasteiger partial charge in [-0.1, -0.05) is 0 Å². The lowest BCUT2D eigenvalue weighted by Crippen LogP contribution is -2.41. The molecule has 3 N–H and O–H groups in total. The smallest absolute Gasteiger partial charge is 0.231 e. The minimum absolute atomic E-state index is 0.112. The summed E-state index contributed by atoms with van der Waals surface area (Å²) in [7, 11) is 0. The fourth-order valence-electron chi connectivity index (χ4n) is 2.20. The van der Waals surface area contributed by atoms with Crippen molar-refractivity contribution >= 4 is 23.5 Å². The van der Waals surface area contributed by atoms with E-state index in [1.807, 2.05) is 0 Å². The van der Waals surface area contributed by atoms with Gasteiger partial charge in [-0.15, -0.1) is 0 Å². The zero-order chi connectivity index (χ0) is 12.3. The summed E-state index contributed by atoms with van der Waals surface area (Å²) in [5, 5.41) is 9.17. The molecule has 1 atom stereocenters. The Balaban J connectivity index is 2.22. The molecular formula is C10H16ClN5O. The van der Waals surface area contributed by atoms with Crippen molar-refractivity contribution in [1.82, 2.24) is 15.0 Å². The van der Waals surface area contributed by atoms with Gasteiger partial charge < -0.3 is 15.7 Å². The van der Waals surface area contributed by atoms with Gasteiger partial charge in [-0.25, -0.2) is 0 Å². The molecule has 17 heavy (non-hydrogen) atoms. The zero-order valence-corrected chi connectivity index (χ0v) is 10.3. The summed E-state index contributed by atoms with van der Waals surface area (Å²) in [5.74, 6) is 0.647. The topological polar surface area (TPSA) is 88.2 Å². The van der Waals surface area contributed by atoms with Crippen molar-refractivity contribution in [2.45, 2.75) is 31.7 Å². The summed E-state index contributed by atoms with van der Waals surface area (Å²) < 4.78 is 0. The summed E-state index contributed by atoms with van der Waals surface area (Å²) in [5.41, 5.74) is 5.56. The van der Waals surface area contributed by atoms with E-state index < -0.39 is 0 Å². The maximum atomic E-state index is 9.06. The van der Waals surface area contributed by atoms with Crippen molar-refractivity contribution in [2.24, 2.45) is 0 Å². The second kappa shape index (κ2) is 5.46. The molecule has 1 aliphatic heterocycles. The molecule has 2 heterocycles. The highest BCUT2D eigenvalue weighted by Crippen LogP contribution is 2.24. The molecule has 1 aromatic heterocycles. The fraction of sp³-hybridized carbons (Fsp3) is 0.700. The van der Waals surface area contributed by atoms with Gasteiger partial charge in [0.25, 0.3) is 0 Å². The third kappa shape index (κ3) is 2.95. The van der Waals surface area contributed by atoms with Crippen molar-refractivity contribution < 1.29 is 5.11 Å². The minimum atomic E-state index is 0.112. The van der Waals surface area contributed by atoms with E-state index in [1.54, 1.807) is 0 Å². The minimum Gasteiger partial charge on any atom is -0.396 e. The molecule has 0 amide bonds. The third-order valence-electron chi connectivity index (χ3n) is 2.96. The Morgan fingerprint density at radius 2 is 2.18 bits per heavy atom. The van der Waals surface area contributed by atoms with Crippen LogP contribution in [0.4, 0.5) is 11.9 Å². The average Bonchev–Trinajstić information content (AvgIpc) is 2.29. The largest absolute Gasteiger partial charge is 0.396 e. The first kappa shape index (κ1) is 12.3. The summed E-state index contributed by atoms with van der Waals surface area (Å²) in [6, 6.07) is 0.256. The van der Waals surface area contributed by atoms with Crippen LogP contribution < -0.4 is 10.6 Å². The quantitative estimate of drug-likeness (QED) is 0.835. The number of nitrogen functional groups attached to an aromatic ring is 1. The van der Waals surface area contributed by atoms with Gasteiger partial charge in [0.2, 0.25) is 17.2 Å². The van der Waals surface area contributed by atoms with Crippen molar-refractivity contribution in [1.29, 1.82) is 0 Å². The Bertz CT molecular complexity index is 367. The number of hydrogen-bond acceptors (Lipinski definition) is 6. The van der Waals surface area contributed by atoms with Gasteiger partial charge in [0.15, 0.2) is 0 Å². The molecule has 7 heteroatoms. The highest BCUT2D eigenvalue weighted by Gasteiger charge is 2.24. The van der Waals surface area contributed by atoms with Crippen LogP contribution in [0.2, 0.25) is 5.28 Å². The van der Waals surface area contributed by atoms with E-state index in [9.17, 15) is 0 Å². The maximum absolute atomic E-state index is 9.06. The predicted octanol–water partition coefficient (Wildman–Crippen LogP) is 0.848. The molecule has 0 aliphatic carbocycles. The lowest BCUT2D eigenvalue weighted by Gasteiger charge is -2.35. The number of piperidine rings is 1. The molecule has 1 aliphatic rings. The number of rotatable bonds is 3. The van der Waals surface area contributed by atoms with Gasteiger partial charge in [-0.05, 0) is 37.3 Å². The molecule has 1 unspecified atom stereocenters. The fourth-order valence-corrected chi connectivity index (χ4v) is 2.36. The van der Waals surface area contributed by atoms with Crippen molar-refractivity contribution in [3.63, 3.8) is 0 Å². The van der Waals surface area contributed by atoms with Crippen LogP contribution in [0.1, 0.15) is 25.7 Å². The highest BCUT2D eigenvalue weighted by atomic mass is 35.5. The molecule has 0 radical (unpaired) electrons. The Labute approximate surface area is 105 Å². The number of aliphatic hydroxyl groups is 1. The van der Waals surface area contributed by atoms with Crippen molar-refractivity contribution in [2.75, 3.05) is 23.8 Å². The van der Waals surface area contributed by atoms with Gasteiger partial charge in [-0.2, -0.15) is 15.0 Å². The Morgan fingerprint density at radius 3 is 2.88 bits per heavy atom. The first-order chi connectivity index (χ1) is 8.20. The number of nitrogens with zero attached hydrogens (tertiary/aromatic N) is 4. The number of aliphatic hydroxyl groups excluding tert-OH is 1. The number of halogens is 1. The number of aromatic nitrogens is 3.